The lowest BCUT2D eigenvalue weighted by Gasteiger charge is -2.18. The molecule has 0 amide bonds. The quantitative estimate of drug-likeness (QED) is 0.0262. The Morgan fingerprint density at radius 2 is 0.597 bits per heavy atom. The van der Waals surface area contributed by atoms with Crippen molar-refractivity contribution in [3.05, 3.63) is 122 Å². The molecule has 0 aromatic rings. The van der Waals surface area contributed by atoms with Crippen molar-refractivity contribution < 1.29 is 28.6 Å². The zero-order valence-corrected chi connectivity index (χ0v) is 43.1. The lowest BCUT2D eigenvalue weighted by atomic mass is 10.1. The Kier molecular flexibility index (Phi) is 51.0. The third kappa shape index (κ3) is 52.6. The first-order valence-electron chi connectivity index (χ1n) is 27.0. The highest BCUT2D eigenvalue weighted by molar-refractivity contribution is 5.71. The van der Waals surface area contributed by atoms with Crippen LogP contribution in [0.5, 0.6) is 0 Å². The Hall–Kier alpha value is -4.19. The second-order valence-electron chi connectivity index (χ2n) is 17.4. The van der Waals surface area contributed by atoms with Crippen molar-refractivity contribution in [2.75, 3.05) is 13.2 Å². The van der Waals surface area contributed by atoms with Gasteiger partial charge in [-0.05, 0) is 122 Å². The molecule has 0 aromatic heterocycles. The van der Waals surface area contributed by atoms with Crippen LogP contribution in [0.1, 0.15) is 226 Å². The number of esters is 3. The fourth-order valence-electron chi connectivity index (χ4n) is 6.93. The highest BCUT2D eigenvalue weighted by Gasteiger charge is 2.19. The van der Waals surface area contributed by atoms with Gasteiger partial charge < -0.3 is 14.2 Å². The molecule has 0 aliphatic heterocycles. The van der Waals surface area contributed by atoms with Gasteiger partial charge in [0.25, 0.3) is 0 Å². The van der Waals surface area contributed by atoms with Crippen molar-refractivity contribution >= 4 is 17.9 Å². The Labute approximate surface area is 412 Å². The SMILES string of the molecule is CC/C=C\C/C=C\C/C=C\C/C=C\CCCCCCC(=O)OC[C@H](COC(=O)CCC/C=C\C/C=C\C/C=C\CCCCCCCC)OC(=O)CCCCCCC/C=C\C/C=C\C/C=C\CC. The van der Waals surface area contributed by atoms with Crippen LogP contribution in [0.25, 0.3) is 0 Å². The topological polar surface area (TPSA) is 78.9 Å². The molecule has 0 aliphatic rings. The molecule has 0 N–H and O–H groups in total. The van der Waals surface area contributed by atoms with Crippen LogP contribution in [0.4, 0.5) is 0 Å². The van der Waals surface area contributed by atoms with Crippen LogP contribution >= 0.6 is 0 Å². The van der Waals surface area contributed by atoms with E-state index in [0.717, 1.165) is 135 Å². The van der Waals surface area contributed by atoms with E-state index < -0.39 is 6.10 Å². The first-order valence-corrected chi connectivity index (χ1v) is 27.0. The van der Waals surface area contributed by atoms with Crippen LogP contribution < -0.4 is 0 Å². The van der Waals surface area contributed by atoms with Crippen molar-refractivity contribution in [2.45, 2.75) is 232 Å². The molecule has 0 spiro atoms. The first kappa shape index (κ1) is 62.8. The van der Waals surface area contributed by atoms with E-state index in [1.165, 1.54) is 44.9 Å². The number of hydrogen-bond acceptors (Lipinski definition) is 6. The van der Waals surface area contributed by atoms with Gasteiger partial charge >= 0.3 is 17.9 Å². The van der Waals surface area contributed by atoms with Gasteiger partial charge in [0.05, 0.1) is 0 Å². The van der Waals surface area contributed by atoms with Crippen LogP contribution in [0, 0.1) is 0 Å². The number of ether oxygens (including phenoxy) is 3. The largest absolute Gasteiger partial charge is 0.462 e. The fraction of sp³-hybridized carbons (Fsp3) is 0.623. The van der Waals surface area contributed by atoms with Gasteiger partial charge in [0.2, 0.25) is 0 Å². The van der Waals surface area contributed by atoms with Crippen molar-refractivity contribution in [1.29, 1.82) is 0 Å². The molecule has 0 aliphatic carbocycles. The molecule has 0 heterocycles. The number of rotatable bonds is 47. The fourth-order valence-corrected chi connectivity index (χ4v) is 6.93. The summed E-state index contributed by atoms with van der Waals surface area (Å²) < 4.78 is 16.8. The summed E-state index contributed by atoms with van der Waals surface area (Å²) in [5.74, 6) is -1.01. The minimum atomic E-state index is -0.821. The molecule has 0 bridgehead atoms. The van der Waals surface area contributed by atoms with Crippen molar-refractivity contribution in [3.8, 4) is 0 Å². The van der Waals surface area contributed by atoms with Gasteiger partial charge in [-0.25, -0.2) is 0 Å². The van der Waals surface area contributed by atoms with Gasteiger partial charge in [-0.3, -0.25) is 14.4 Å². The molecule has 0 saturated carbocycles. The van der Waals surface area contributed by atoms with Gasteiger partial charge in [-0.1, -0.05) is 206 Å². The third-order valence-electron chi connectivity index (χ3n) is 10.9. The standard InChI is InChI=1S/C61H98O6/c1-4-7-10-13-16-19-22-25-28-30-33-35-38-41-44-47-50-53-59(62)65-56-58(67-61(64)55-52-49-46-43-40-37-32-27-24-21-18-15-12-9-6-3)57-66-60(63)54-51-48-45-42-39-36-34-31-29-26-23-20-17-14-11-8-5-2/h7,9-10,12,16,18-19,21,25-29,32-36,42,45,58H,4-6,8,11,13-15,17,20,22-24,30-31,37-41,43-44,46-57H2,1-3H3/b10-7-,12-9-,19-16-,21-18-,28-25-,29-26-,32-27-,35-33-,36-34-,45-42-/t58-/m1/s1. The zero-order valence-electron chi connectivity index (χ0n) is 43.1. The molecule has 0 fully saturated rings. The van der Waals surface area contributed by atoms with Crippen molar-refractivity contribution in [1.82, 2.24) is 0 Å². The lowest BCUT2D eigenvalue weighted by molar-refractivity contribution is -0.167. The van der Waals surface area contributed by atoms with Crippen molar-refractivity contribution in [3.63, 3.8) is 0 Å². The molecule has 0 aromatic carbocycles. The number of hydrogen-bond donors (Lipinski definition) is 0. The highest BCUT2D eigenvalue weighted by atomic mass is 16.6. The molecular weight excluding hydrogens is 829 g/mol. The van der Waals surface area contributed by atoms with Crippen LogP contribution in [0.3, 0.4) is 0 Å². The minimum absolute atomic E-state index is 0.117. The van der Waals surface area contributed by atoms with Gasteiger partial charge in [-0.2, -0.15) is 0 Å². The predicted octanol–water partition coefficient (Wildman–Crippen LogP) is 18.1. The van der Waals surface area contributed by atoms with Crippen LogP contribution in [0.2, 0.25) is 0 Å². The summed E-state index contributed by atoms with van der Waals surface area (Å²) in [4.78, 5) is 38.1. The second-order valence-corrected chi connectivity index (χ2v) is 17.4. The van der Waals surface area contributed by atoms with E-state index in [1.54, 1.807) is 0 Å². The van der Waals surface area contributed by atoms with Gasteiger partial charge in [0, 0.05) is 19.3 Å². The summed E-state index contributed by atoms with van der Waals surface area (Å²) >= 11 is 0. The Bertz CT molecular complexity index is 1440. The van der Waals surface area contributed by atoms with Crippen molar-refractivity contribution in [2.24, 2.45) is 0 Å². The van der Waals surface area contributed by atoms with Gasteiger partial charge in [0.15, 0.2) is 6.10 Å². The smallest absolute Gasteiger partial charge is 0.306 e. The molecule has 67 heavy (non-hydrogen) atoms. The van der Waals surface area contributed by atoms with Gasteiger partial charge in [0.1, 0.15) is 13.2 Å². The number of carbonyl (C=O) groups is 3. The molecule has 6 heteroatoms. The molecule has 0 saturated heterocycles. The Balaban J connectivity index is 4.55. The Morgan fingerprint density at radius 3 is 0.970 bits per heavy atom. The lowest BCUT2D eigenvalue weighted by Crippen LogP contribution is -2.30. The summed E-state index contributed by atoms with van der Waals surface area (Å²) in [5.41, 5.74) is 0. The Morgan fingerprint density at radius 1 is 0.313 bits per heavy atom. The maximum absolute atomic E-state index is 12.8. The normalized spacial score (nSPS) is 13.1. The van der Waals surface area contributed by atoms with E-state index in [4.69, 9.17) is 14.2 Å². The first-order chi connectivity index (χ1) is 33.0. The second kappa shape index (κ2) is 54.4. The minimum Gasteiger partial charge on any atom is -0.462 e. The monoisotopic (exact) mass is 927 g/mol. The highest BCUT2D eigenvalue weighted by Crippen LogP contribution is 2.12. The molecular formula is C61H98O6. The summed E-state index contributed by atoms with van der Waals surface area (Å²) in [7, 11) is 0. The van der Waals surface area contributed by atoms with E-state index in [1.807, 2.05) is 0 Å². The third-order valence-corrected chi connectivity index (χ3v) is 10.9. The van der Waals surface area contributed by atoms with E-state index in [-0.39, 0.29) is 44.0 Å². The zero-order chi connectivity index (χ0) is 48.6. The van der Waals surface area contributed by atoms with E-state index in [2.05, 4.69) is 142 Å². The number of carbonyl (C=O) groups excluding carboxylic acids is 3. The molecule has 0 radical (unpaired) electrons. The van der Waals surface area contributed by atoms with Crippen LogP contribution in [-0.2, 0) is 28.6 Å². The summed E-state index contributed by atoms with van der Waals surface area (Å²) in [6.45, 7) is 6.31. The molecule has 0 unspecified atom stereocenters. The summed E-state index contributed by atoms with van der Waals surface area (Å²) in [5, 5.41) is 0. The van der Waals surface area contributed by atoms with Gasteiger partial charge in [-0.15, -0.1) is 0 Å². The summed E-state index contributed by atoms with van der Waals surface area (Å²) in [6, 6.07) is 0. The average molecular weight is 927 g/mol. The van der Waals surface area contributed by atoms with Crippen LogP contribution in [-0.4, -0.2) is 37.2 Å². The number of allylic oxidation sites excluding steroid dienone is 20. The average Bonchev–Trinajstić information content (AvgIpc) is 3.33. The molecule has 0 rings (SSSR count). The molecule has 1 atom stereocenters. The molecule has 378 valence electrons. The van der Waals surface area contributed by atoms with E-state index in [9.17, 15) is 14.4 Å². The molecule has 6 nitrogen and oxygen atoms in total. The summed E-state index contributed by atoms with van der Waals surface area (Å²) in [6.07, 6.45) is 74.7. The predicted molar refractivity (Wildman–Crippen MR) is 288 cm³/mol. The maximum atomic E-state index is 12.8. The van der Waals surface area contributed by atoms with E-state index in [0.29, 0.717) is 12.8 Å². The van der Waals surface area contributed by atoms with E-state index >= 15 is 0 Å². The maximum Gasteiger partial charge on any atom is 0.306 e. The number of unbranched alkanes of at least 4 members (excludes halogenated alkanes) is 16. The van der Waals surface area contributed by atoms with Crippen LogP contribution in [0.15, 0.2) is 122 Å².